The zero-order chi connectivity index (χ0) is 10.7. The number of pyridine rings is 1. The predicted molar refractivity (Wildman–Crippen MR) is 57.8 cm³/mol. The quantitative estimate of drug-likeness (QED) is 0.628. The van der Waals surface area contributed by atoms with Crippen LogP contribution in [0.2, 0.25) is 10.3 Å². The minimum absolute atomic E-state index is 0.171. The lowest BCUT2D eigenvalue weighted by Crippen LogP contribution is -2.09. The molecule has 0 radical (unpaired) electrons. The van der Waals surface area contributed by atoms with Gasteiger partial charge in [0.05, 0.1) is 5.69 Å². The molecule has 0 atom stereocenters. The van der Waals surface area contributed by atoms with Crippen molar-refractivity contribution in [2.24, 2.45) is 0 Å². The highest BCUT2D eigenvalue weighted by Crippen LogP contribution is 2.26. The van der Waals surface area contributed by atoms with E-state index in [1.807, 2.05) is 0 Å². The fraction of sp³-hybridized carbons (Fsp3) is 0.111. The Bertz CT molecular complexity index is 367. The van der Waals surface area contributed by atoms with Gasteiger partial charge in [0, 0.05) is 0 Å². The van der Waals surface area contributed by atoms with Gasteiger partial charge in [-0.3, -0.25) is 4.79 Å². The molecule has 0 aliphatic carbocycles. The van der Waals surface area contributed by atoms with Gasteiger partial charge in [0.25, 0.3) is 0 Å². The van der Waals surface area contributed by atoms with Gasteiger partial charge in [-0.05, 0) is 24.6 Å². The molecule has 3 nitrogen and oxygen atoms in total. The van der Waals surface area contributed by atoms with Crippen molar-refractivity contribution in [3.8, 4) is 0 Å². The smallest absolute Gasteiger partial charge is 0.247 e. The Morgan fingerprint density at radius 2 is 2.29 bits per heavy atom. The average Bonchev–Trinajstić information content (AvgIpc) is 2.10. The maximum absolute atomic E-state index is 11.0. The molecule has 1 N–H and O–H groups in total. The third kappa shape index (κ3) is 2.47. The van der Waals surface area contributed by atoms with E-state index in [2.05, 4.69) is 16.9 Å². The standard InChI is InChI=1S/C9H8Cl2N2O/c1-3-7(14)13-8-5(2)4-6(10)12-9(8)11/h3-4H,1H2,2H3,(H,13,14). The van der Waals surface area contributed by atoms with Gasteiger partial charge in [0.1, 0.15) is 5.15 Å². The van der Waals surface area contributed by atoms with E-state index in [9.17, 15) is 4.79 Å². The summed E-state index contributed by atoms with van der Waals surface area (Å²) in [4.78, 5) is 14.8. The SMILES string of the molecule is C=CC(=O)Nc1c(C)cc(Cl)nc1Cl. The van der Waals surface area contributed by atoms with E-state index in [-0.39, 0.29) is 11.1 Å². The lowest BCUT2D eigenvalue weighted by Gasteiger charge is -2.07. The van der Waals surface area contributed by atoms with Crippen molar-refractivity contribution >= 4 is 34.8 Å². The highest BCUT2D eigenvalue weighted by Gasteiger charge is 2.08. The average molecular weight is 231 g/mol. The second kappa shape index (κ2) is 4.44. The number of nitrogens with zero attached hydrogens (tertiary/aromatic N) is 1. The van der Waals surface area contributed by atoms with Crippen LogP contribution < -0.4 is 5.32 Å². The number of nitrogens with one attached hydrogen (secondary N) is 1. The van der Waals surface area contributed by atoms with E-state index in [1.54, 1.807) is 13.0 Å². The molecule has 0 aliphatic rings. The number of amides is 1. The third-order valence-corrected chi connectivity index (χ3v) is 2.04. The number of aryl methyl sites for hydroxylation is 1. The topological polar surface area (TPSA) is 42.0 Å². The molecule has 0 unspecified atom stereocenters. The Morgan fingerprint density at radius 3 is 2.79 bits per heavy atom. The molecule has 74 valence electrons. The molecule has 1 amide bonds. The van der Waals surface area contributed by atoms with Crippen LogP contribution in [0.3, 0.4) is 0 Å². The highest BCUT2D eigenvalue weighted by molar-refractivity contribution is 6.34. The first-order valence-electron chi connectivity index (χ1n) is 3.80. The summed E-state index contributed by atoms with van der Waals surface area (Å²) in [6.07, 6.45) is 1.16. The summed E-state index contributed by atoms with van der Waals surface area (Å²) in [6, 6.07) is 1.62. The van der Waals surface area contributed by atoms with Gasteiger partial charge in [0.2, 0.25) is 5.91 Å². The minimum atomic E-state index is -0.334. The Morgan fingerprint density at radius 1 is 1.64 bits per heavy atom. The Kier molecular flexibility index (Phi) is 3.49. The van der Waals surface area contributed by atoms with E-state index >= 15 is 0 Å². The van der Waals surface area contributed by atoms with E-state index in [4.69, 9.17) is 23.2 Å². The summed E-state index contributed by atoms with van der Waals surface area (Å²) in [5, 5.41) is 3.01. The molecular formula is C9H8Cl2N2O. The maximum atomic E-state index is 11.0. The van der Waals surface area contributed by atoms with Crippen LogP contribution in [0.1, 0.15) is 5.56 Å². The molecule has 1 heterocycles. The lowest BCUT2D eigenvalue weighted by molar-refractivity contribution is -0.111. The van der Waals surface area contributed by atoms with Gasteiger partial charge >= 0.3 is 0 Å². The van der Waals surface area contributed by atoms with Crippen molar-refractivity contribution in [1.82, 2.24) is 4.98 Å². The Labute approximate surface area is 91.7 Å². The summed E-state index contributed by atoms with van der Waals surface area (Å²) in [7, 11) is 0. The molecule has 1 rings (SSSR count). The molecule has 1 aromatic rings. The Hall–Kier alpha value is -1.06. The molecule has 14 heavy (non-hydrogen) atoms. The van der Waals surface area contributed by atoms with Crippen LogP contribution in [-0.4, -0.2) is 10.9 Å². The van der Waals surface area contributed by atoms with Gasteiger partial charge in [-0.15, -0.1) is 0 Å². The largest absolute Gasteiger partial charge is 0.320 e. The monoisotopic (exact) mass is 230 g/mol. The molecule has 0 spiro atoms. The van der Waals surface area contributed by atoms with Crippen LogP contribution in [-0.2, 0) is 4.79 Å². The van der Waals surface area contributed by atoms with Crippen molar-refractivity contribution in [3.05, 3.63) is 34.6 Å². The summed E-state index contributed by atoms with van der Waals surface area (Å²) in [5.41, 5.74) is 1.21. The first kappa shape index (κ1) is 11.0. The van der Waals surface area contributed by atoms with Gasteiger partial charge in [0.15, 0.2) is 5.15 Å². The number of hydrogen-bond donors (Lipinski definition) is 1. The second-order valence-corrected chi connectivity index (χ2v) is 3.37. The molecule has 0 saturated heterocycles. The van der Waals surface area contributed by atoms with Gasteiger partial charge in [-0.25, -0.2) is 4.98 Å². The van der Waals surface area contributed by atoms with Gasteiger partial charge < -0.3 is 5.32 Å². The van der Waals surface area contributed by atoms with Crippen LogP contribution in [0.25, 0.3) is 0 Å². The number of rotatable bonds is 2. The van der Waals surface area contributed by atoms with Crippen molar-refractivity contribution in [2.45, 2.75) is 6.92 Å². The molecule has 5 heteroatoms. The summed E-state index contributed by atoms with van der Waals surface area (Å²) in [6.45, 7) is 5.11. The normalized spacial score (nSPS) is 9.64. The molecular weight excluding hydrogens is 223 g/mol. The summed E-state index contributed by atoms with van der Waals surface area (Å²) in [5.74, 6) is -0.334. The van der Waals surface area contributed by atoms with Crippen molar-refractivity contribution < 1.29 is 4.79 Å². The van der Waals surface area contributed by atoms with Crippen LogP contribution >= 0.6 is 23.2 Å². The van der Waals surface area contributed by atoms with Gasteiger partial charge in [-0.2, -0.15) is 0 Å². The summed E-state index contributed by atoms with van der Waals surface area (Å²) >= 11 is 11.5. The number of anilines is 1. The molecule has 1 aromatic heterocycles. The molecule has 0 bridgehead atoms. The first-order chi connectivity index (χ1) is 6.54. The lowest BCUT2D eigenvalue weighted by atomic mass is 10.2. The fourth-order valence-corrected chi connectivity index (χ4v) is 1.50. The number of carbonyl (C=O) groups is 1. The fourth-order valence-electron chi connectivity index (χ4n) is 0.920. The molecule has 0 fully saturated rings. The number of hydrogen-bond acceptors (Lipinski definition) is 2. The second-order valence-electron chi connectivity index (χ2n) is 2.62. The van der Waals surface area contributed by atoms with Crippen LogP contribution in [0, 0.1) is 6.92 Å². The van der Waals surface area contributed by atoms with E-state index in [1.165, 1.54) is 0 Å². The zero-order valence-corrected chi connectivity index (χ0v) is 8.99. The molecule has 0 aliphatic heterocycles. The number of aromatic nitrogens is 1. The highest BCUT2D eigenvalue weighted by atomic mass is 35.5. The predicted octanol–water partition coefficient (Wildman–Crippen LogP) is 2.82. The minimum Gasteiger partial charge on any atom is -0.320 e. The van der Waals surface area contributed by atoms with Crippen molar-refractivity contribution in [3.63, 3.8) is 0 Å². The zero-order valence-electron chi connectivity index (χ0n) is 7.47. The number of halogens is 2. The van der Waals surface area contributed by atoms with E-state index in [0.29, 0.717) is 10.8 Å². The van der Waals surface area contributed by atoms with Crippen molar-refractivity contribution in [1.29, 1.82) is 0 Å². The van der Waals surface area contributed by atoms with Crippen molar-refractivity contribution in [2.75, 3.05) is 5.32 Å². The first-order valence-corrected chi connectivity index (χ1v) is 4.56. The summed E-state index contributed by atoms with van der Waals surface area (Å²) < 4.78 is 0. The maximum Gasteiger partial charge on any atom is 0.247 e. The molecule has 0 aromatic carbocycles. The number of carbonyl (C=O) groups excluding carboxylic acids is 1. The third-order valence-electron chi connectivity index (χ3n) is 1.57. The van der Waals surface area contributed by atoms with Gasteiger partial charge in [-0.1, -0.05) is 29.8 Å². The van der Waals surface area contributed by atoms with E-state index < -0.39 is 0 Å². The molecule has 0 saturated carbocycles. The van der Waals surface area contributed by atoms with Crippen LogP contribution in [0.4, 0.5) is 5.69 Å². The van der Waals surface area contributed by atoms with E-state index in [0.717, 1.165) is 11.6 Å². The Balaban J connectivity index is 3.08. The van der Waals surface area contributed by atoms with Crippen LogP contribution in [0.15, 0.2) is 18.7 Å². The van der Waals surface area contributed by atoms with Crippen LogP contribution in [0.5, 0.6) is 0 Å².